The average Bonchev–Trinajstić information content (AvgIpc) is 3.33. The Morgan fingerprint density at radius 2 is 1.76 bits per heavy atom. The van der Waals surface area contributed by atoms with Crippen molar-refractivity contribution in [1.82, 2.24) is 20.0 Å². The predicted molar refractivity (Wildman–Crippen MR) is 140 cm³/mol. The third-order valence-electron chi connectivity index (χ3n) is 8.07. The van der Waals surface area contributed by atoms with Gasteiger partial charge in [-0.1, -0.05) is 43.5 Å². The molecule has 1 aromatic rings. The summed E-state index contributed by atoms with van der Waals surface area (Å²) >= 11 is 0. The highest BCUT2D eigenvalue weighted by Gasteiger charge is 2.43. The number of nitrogens with zero attached hydrogens (tertiary/aromatic N) is 3. The molecule has 1 amide bonds. The van der Waals surface area contributed by atoms with Gasteiger partial charge in [0.15, 0.2) is 0 Å². The Kier molecular flexibility index (Phi) is 8.71. The number of nitrogens with one attached hydrogen (secondary N) is 1. The number of aryl methyl sites for hydroxylation is 1. The van der Waals surface area contributed by atoms with Gasteiger partial charge in [-0.3, -0.25) is 9.69 Å². The van der Waals surface area contributed by atoms with Crippen molar-refractivity contribution < 1.29 is 4.79 Å². The lowest BCUT2D eigenvalue weighted by Gasteiger charge is -2.33. The molecule has 1 N–H and O–H groups in total. The van der Waals surface area contributed by atoms with Gasteiger partial charge in [-0.15, -0.1) is 0 Å². The van der Waals surface area contributed by atoms with E-state index in [4.69, 9.17) is 0 Å². The standard InChI is InChI=1S/C29H44N4O/c1-23(2)30-13-17-32(14-8-7-12-25-10-5-4-6-11-25)24(3)26-18-27-20-31(21-28(27)19-26)22-29(34)33-15-9-16-33/h4-6,10-11,26-28,30H,1,3,7-9,12-22H2,2H3. The van der Waals surface area contributed by atoms with Crippen molar-refractivity contribution in [3.63, 3.8) is 0 Å². The van der Waals surface area contributed by atoms with Crippen molar-refractivity contribution in [3.05, 3.63) is 60.4 Å². The van der Waals surface area contributed by atoms with Crippen LogP contribution in [0, 0.1) is 17.8 Å². The topological polar surface area (TPSA) is 38.8 Å². The maximum atomic E-state index is 12.4. The third-order valence-corrected chi connectivity index (χ3v) is 8.07. The van der Waals surface area contributed by atoms with Crippen molar-refractivity contribution in [1.29, 1.82) is 0 Å². The Morgan fingerprint density at radius 3 is 2.38 bits per heavy atom. The van der Waals surface area contributed by atoms with E-state index in [-0.39, 0.29) is 0 Å². The lowest BCUT2D eigenvalue weighted by Crippen LogP contribution is -2.47. The smallest absolute Gasteiger partial charge is 0.236 e. The molecule has 3 aliphatic rings. The second kappa shape index (κ2) is 11.9. The Hall–Kier alpha value is -2.27. The normalized spacial score (nSPS) is 23.9. The number of hydrogen-bond acceptors (Lipinski definition) is 4. The molecule has 186 valence electrons. The van der Waals surface area contributed by atoms with Gasteiger partial charge in [-0.25, -0.2) is 0 Å². The zero-order chi connectivity index (χ0) is 23.9. The van der Waals surface area contributed by atoms with E-state index in [2.05, 4.69) is 58.6 Å². The molecule has 0 bridgehead atoms. The minimum atomic E-state index is 0.332. The SMILES string of the molecule is C=C(C)NCCN(CCCCc1ccccc1)C(=C)C1CC2CN(CC(=O)N3CCC3)CC2C1. The summed E-state index contributed by atoms with van der Waals surface area (Å²) in [7, 11) is 0. The molecule has 1 aliphatic carbocycles. The quantitative estimate of drug-likeness (QED) is 0.446. The number of amides is 1. The van der Waals surface area contributed by atoms with E-state index in [9.17, 15) is 4.79 Å². The van der Waals surface area contributed by atoms with Gasteiger partial charge < -0.3 is 15.1 Å². The van der Waals surface area contributed by atoms with Crippen molar-refractivity contribution in [3.8, 4) is 0 Å². The molecule has 1 saturated carbocycles. The highest BCUT2D eigenvalue weighted by molar-refractivity contribution is 5.79. The number of unbranched alkanes of at least 4 members (excludes halogenated alkanes) is 1. The lowest BCUT2D eigenvalue weighted by atomic mass is 10.0. The van der Waals surface area contributed by atoms with Crippen molar-refractivity contribution in [2.45, 2.75) is 45.4 Å². The molecule has 0 radical (unpaired) electrons. The summed E-state index contributed by atoms with van der Waals surface area (Å²) in [5, 5.41) is 3.40. The van der Waals surface area contributed by atoms with Gasteiger partial charge in [0.05, 0.1) is 6.54 Å². The molecule has 5 nitrogen and oxygen atoms in total. The second-order valence-electron chi connectivity index (χ2n) is 10.7. The maximum Gasteiger partial charge on any atom is 0.236 e. The van der Waals surface area contributed by atoms with Crippen LogP contribution in [0.3, 0.4) is 0 Å². The van der Waals surface area contributed by atoms with Crippen LogP contribution in [-0.4, -0.2) is 73.0 Å². The zero-order valence-corrected chi connectivity index (χ0v) is 21.2. The largest absolute Gasteiger partial charge is 0.387 e. The number of allylic oxidation sites excluding steroid dienone is 2. The van der Waals surface area contributed by atoms with Crippen LogP contribution in [0.1, 0.15) is 44.6 Å². The van der Waals surface area contributed by atoms with Gasteiger partial charge in [0.2, 0.25) is 5.91 Å². The van der Waals surface area contributed by atoms with E-state index in [1.807, 2.05) is 11.8 Å². The first-order valence-corrected chi connectivity index (χ1v) is 13.4. The van der Waals surface area contributed by atoms with E-state index in [1.54, 1.807) is 0 Å². The molecule has 2 heterocycles. The van der Waals surface area contributed by atoms with Crippen LogP contribution in [0.15, 0.2) is 54.9 Å². The highest BCUT2D eigenvalue weighted by Crippen LogP contribution is 2.44. The summed E-state index contributed by atoms with van der Waals surface area (Å²) in [5.41, 5.74) is 3.79. The summed E-state index contributed by atoms with van der Waals surface area (Å²) in [6.45, 7) is 18.3. The Labute approximate surface area is 206 Å². The summed E-state index contributed by atoms with van der Waals surface area (Å²) in [6.07, 6.45) is 7.17. The molecule has 0 aromatic heterocycles. The Morgan fingerprint density at radius 1 is 1.06 bits per heavy atom. The van der Waals surface area contributed by atoms with Crippen LogP contribution in [0.4, 0.5) is 0 Å². The molecule has 4 rings (SSSR count). The number of carbonyl (C=O) groups excluding carboxylic acids is 1. The third kappa shape index (κ3) is 6.65. The second-order valence-corrected chi connectivity index (χ2v) is 10.7. The number of carbonyl (C=O) groups is 1. The molecular formula is C29H44N4O. The van der Waals surface area contributed by atoms with Crippen LogP contribution in [0.5, 0.6) is 0 Å². The molecule has 2 aliphatic heterocycles. The van der Waals surface area contributed by atoms with Gasteiger partial charge >= 0.3 is 0 Å². The first-order chi connectivity index (χ1) is 16.5. The molecular weight excluding hydrogens is 420 g/mol. The van der Waals surface area contributed by atoms with Crippen molar-refractivity contribution >= 4 is 5.91 Å². The van der Waals surface area contributed by atoms with Gasteiger partial charge in [0.25, 0.3) is 0 Å². The van der Waals surface area contributed by atoms with Gasteiger partial charge in [0.1, 0.15) is 0 Å². The van der Waals surface area contributed by atoms with Crippen molar-refractivity contribution in [2.75, 3.05) is 52.4 Å². The fourth-order valence-corrected chi connectivity index (χ4v) is 5.99. The molecule has 1 aromatic carbocycles. The maximum absolute atomic E-state index is 12.4. The molecule has 2 atom stereocenters. The molecule has 0 spiro atoms. The molecule has 34 heavy (non-hydrogen) atoms. The lowest BCUT2D eigenvalue weighted by molar-refractivity contribution is -0.135. The van der Waals surface area contributed by atoms with Gasteiger partial charge in [-0.05, 0) is 68.8 Å². The van der Waals surface area contributed by atoms with Crippen LogP contribution in [-0.2, 0) is 11.2 Å². The fraction of sp³-hybridized carbons (Fsp3) is 0.621. The van der Waals surface area contributed by atoms with E-state index >= 15 is 0 Å². The highest BCUT2D eigenvalue weighted by atomic mass is 16.2. The van der Waals surface area contributed by atoms with E-state index in [0.29, 0.717) is 18.4 Å². The summed E-state index contributed by atoms with van der Waals surface area (Å²) < 4.78 is 0. The number of rotatable bonds is 13. The minimum absolute atomic E-state index is 0.332. The summed E-state index contributed by atoms with van der Waals surface area (Å²) in [5.74, 6) is 2.36. The molecule has 3 fully saturated rings. The molecule has 5 heteroatoms. The van der Waals surface area contributed by atoms with E-state index in [1.165, 1.54) is 43.4 Å². The Balaban J connectivity index is 1.24. The van der Waals surface area contributed by atoms with Crippen LogP contribution >= 0.6 is 0 Å². The molecule has 2 unspecified atom stereocenters. The fourth-order valence-electron chi connectivity index (χ4n) is 5.99. The first kappa shape index (κ1) is 24.8. The van der Waals surface area contributed by atoms with Gasteiger partial charge in [0, 0.05) is 57.2 Å². The number of fused-ring (bicyclic) bond motifs is 1. The number of benzene rings is 1. The number of hydrogen-bond donors (Lipinski definition) is 1. The predicted octanol–water partition coefficient (Wildman–Crippen LogP) is 4.14. The van der Waals surface area contributed by atoms with E-state index < -0.39 is 0 Å². The van der Waals surface area contributed by atoms with Crippen LogP contribution in [0.25, 0.3) is 0 Å². The molecule has 2 saturated heterocycles. The average molecular weight is 465 g/mol. The first-order valence-electron chi connectivity index (χ1n) is 13.4. The summed E-state index contributed by atoms with van der Waals surface area (Å²) in [4.78, 5) is 19.3. The monoisotopic (exact) mass is 464 g/mol. The van der Waals surface area contributed by atoms with Crippen molar-refractivity contribution in [2.24, 2.45) is 17.8 Å². The van der Waals surface area contributed by atoms with Gasteiger partial charge in [-0.2, -0.15) is 0 Å². The Bertz CT molecular complexity index is 820. The zero-order valence-electron chi connectivity index (χ0n) is 21.2. The summed E-state index contributed by atoms with van der Waals surface area (Å²) in [6, 6.07) is 10.8. The van der Waals surface area contributed by atoms with E-state index in [0.717, 1.165) is 69.8 Å². The number of likely N-dealkylation sites (tertiary alicyclic amines) is 2. The minimum Gasteiger partial charge on any atom is -0.387 e. The van der Waals surface area contributed by atoms with Crippen LogP contribution < -0.4 is 5.32 Å². The van der Waals surface area contributed by atoms with Crippen LogP contribution in [0.2, 0.25) is 0 Å².